The van der Waals surface area contributed by atoms with E-state index in [2.05, 4.69) is 15.0 Å². The van der Waals surface area contributed by atoms with E-state index in [1.54, 1.807) is 0 Å². The molecule has 0 unspecified atom stereocenters. The maximum atomic E-state index is 13.0. The van der Waals surface area contributed by atoms with Crippen molar-refractivity contribution in [3.63, 3.8) is 0 Å². The molecule has 0 aliphatic carbocycles. The monoisotopic (exact) mass is 509 g/mol. The van der Waals surface area contributed by atoms with Gasteiger partial charge in [-0.3, -0.25) is 4.98 Å². The maximum absolute atomic E-state index is 13.0. The van der Waals surface area contributed by atoms with Gasteiger partial charge in [0.15, 0.2) is 0 Å². The molecule has 3 nitrogen and oxygen atoms in total. The molecule has 0 spiro atoms. The van der Waals surface area contributed by atoms with E-state index in [0.29, 0.717) is 17.3 Å². The lowest BCUT2D eigenvalue weighted by molar-refractivity contribution is -0.138. The summed E-state index contributed by atoms with van der Waals surface area (Å²) in [6.45, 7) is 0. The second-order valence-corrected chi connectivity index (χ2v) is 7.91. The molecular weight excluding hydrogens is 503 g/mol. The Morgan fingerprint density at radius 3 is 2.00 bits per heavy atom. The number of nitrogens with one attached hydrogen (secondary N) is 1. The van der Waals surface area contributed by atoms with Gasteiger partial charge in [-0.2, -0.15) is 26.3 Å². The van der Waals surface area contributed by atoms with Crippen LogP contribution in [0.3, 0.4) is 0 Å². The van der Waals surface area contributed by atoms with Crippen LogP contribution >= 0.6 is 34.8 Å². The van der Waals surface area contributed by atoms with Gasteiger partial charge in [-0.1, -0.05) is 40.9 Å². The van der Waals surface area contributed by atoms with E-state index in [-0.39, 0.29) is 37.6 Å². The number of fused-ring (bicyclic) bond motifs is 1. The summed E-state index contributed by atoms with van der Waals surface area (Å²) in [5, 5.41) is -0.295. The van der Waals surface area contributed by atoms with Crippen LogP contribution in [0, 0.1) is 0 Å². The number of imidazole rings is 1. The Balaban J connectivity index is 1.74. The second kappa shape index (κ2) is 7.83. The van der Waals surface area contributed by atoms with Crippen molar-refractivity contribution in [3.05, 3.63) is 68.8 Å². The largest absolute Gasteiger partial charge is 0.417 e. The van der Waals surface area contributed by atoms with Gasteiger partial charge in [0.2, 0.25) is 0 Å². The van der Waals surface area contributed by atoms with Crippen LogP contribution < -0.4 is 0 Å². The Kier molecular flexibility index (Phi) is 5.55. The molecule has 2 aromatic carbocycles. The van der Waals surface area contributed by atoms with Gasteiger partial charge >= 0.3 is 12.4 Å². The molecule has 4 rings (SSSR count). The van der Waals surface area contributed by atoms with Crippen molar-refractivity contribution in [2.45, 2.75) is 12.4 Å². The van der Waals surface area contributed by atoms with E-state index in [1.807, 2.05) is 0 Å². The Bertz CT molecular complexity index is 1350. The molecule has 0 aliphatic heterocycles. The number of halogens is 9. The minimum absolute atomic E-state index is 0.0624. The first-order chi connectivity index (χ1) is 14.8. The van der Waals surface area contributed by atoms with E-state index >= 15 is 0 Å². The molecular formula is C20H8Cl3F6N3. The average Bonchev–Trinajstić information content (AvgIpc) is 3.11. The summed E-state index contributed by atoms with van der Waals surface area (Å²) in [6.07, 6.45) is -8.52. The van der Waals surface area contributed by atoms with Crippen molar-refractivity contribution in [1.29, 1.82) is 0 Å². The first kappa shape index (κ1) is 22.7. The highest BCUT2D eigenvalue weighted by Gasteiger charge is 2.32. The van der Waals surface area contributed by atoms with Crippen LogP contribution in [-0.4, -0.2) is 15.0 Å². The molecule has 0 aliphatic rings. The van der Waals surface area contributed by atoms with Crippen molar-refractivity contribution in [2.24, 2.45) is 0 Å². The summed E-state index contributed by atoms with van der Waals surface area (Å²) < 4.78 is 77.5. The topological polar surface area (TPSA) is 41.6 Å². The molecule has 32 heavy (non-hydrogen) atoms. The quantitative estimate of drug-likeness (QED) is 0.276. The minimum Gasteiger partial charge on any atom is -0.338 e. The zero-order chi connectivity index (χ0) is 23.4. The molecule has 2 aromatic heterocycles. The smallest absolute Gasteiger partial charge is 0.338 e. The summed E-state index contributed by atoms with van der Waals surface area (Å²) in [5.41, 5.74) is -0.989. The number of benzene rings is 2. The standard InChI is InChI=1S/C20H8Cl3F6N3/c21-12-3-8(16-13(22)5-10(7-30-16)20(27,28)29)1-2-11(12)18-31-15-6-9(19(24,25)26)4-14(23)17(15)32-18/h1-7H,(H,31,32). The summed E-state index contributed by atoms with van der Waals surface area (Å²) in [7, 11) is 0. The third kappa shape index (κ3) is 4.24. The van der Waals surface area contributed by atoms with Gasteiger partial charge in [-0.25, -0.2) is 4.98 Å². The van der Waals surface area contributed by atoms with Crippen LogP contribution in [0.2, 0.25) is 15.1 Å². The molecule has 166 valence electrons. The van der Waals surface area contributed by atoms with Gasteiger partial charge in [0.25, 0.3) is 0 Å². The lowest BCUT2D eigenvalue weighted by Crippen LogP contribution is -2.05. The molecule has 0 fully saturated rings. The predicted molar refractivity (Wildman–Crippen MR) is 110 cm³/mol. The number of aromatic nitrogens is 3. The molecule has 0 saturated carbocycles. The SMILES string of the molecule is FC(F)(F)c1cnc(-c2ccc(-c3nc4c(Cl)cc(C(F)(F)F)cc4[nH]3)c(Cl)c2)c(Cl)c1. The van der Waals surface area contributed by atoms with Gasteiger partial charge < -0.3 is 4.98 Å². The van der Waals surface area contributed by atoms with Crippen molar-refractivity contribution >= 4 is 45.8 Å². The van der Waals surface area contributed by atoms with Gasteiger partial charge in [0.1, 0.15) is 11.3 Å². The van der Waals surface area contributed by atoms with E-state index in [0.717, 1.165) is 18.2 Å². The number of hydrogen-bond donors (Lipinski definition) is 1. The van der Waals surface area contributed by atoms with Gasteiger partial charge in [-0.15, -0.1) is 0 Å². The number of rotatable bonds is 2. The maximum Gasteiger partial charge on any atom is 0.417 e. The number of H-pyrrole nitrogens is 1. The number of nitrogens with zero attached hydrogens (tertiary/aromatic N) is 2. The van der Waals surface area contributed by atoms with Crippen LogP contribution in [0.15, 0.2) is 42.6 Å². The van der Waals surface area contributed by atoms with Crippen molar-refractivity contribution < 1.29 is 26.3 Å². The Hall–Kier alpha value is -2.49. The second-order valence-electron chi connectivity index (χ2n) is 6.68. The molecule has 1 N–H and O–H groups in total. The molecule has 0 atom stereocenters. The third-order valence-electron chi connectivity index (χ3n) is 4.53. The summed E-state index contributed by atoms with van der Waals surface area (Å²) in [5.74, 6) is 0.157. The first-order valence-electron chi connectivity index (χ1n) is 8.64. The average molecular weight is 511 g/mol. The van der Waals surface area contributed by atoms with Crippen molar-refractivity contribution in [1.82, 2.24) is 15.0 Å². The highest BCUT2D eigenvalue weighted by atomic mass is 35.5. The fourth-order valence-corrected chi connectivity index (χ4v) is 3.83. The van der Waals surface area contributed by atoms with Gasteiger partial charge in [0, 0.05) is 17.3 Å². The lowest BCUT2D eigenvalue weighted by Gasteiger charge is -2.10. The summed E-state index contributed by atoms with van der Waals surface area (Å²) >= 11 is 18.2. The molecule has 0 radical (unpaired) electrons. The molecule has 0 saturated heterocycles. The highest BCUT2D eigenvalue weighted by Crippen LogP contribution is 2.38. The molecule has 12 heteroatoms. The van der Waals surface area contributed by atoms with Crippen LogP contribution in [0.25, 0.3) is 33.7 Å². The number of alkyl halides is 6. The summed E-state index contributed by atoms with van der Waals surface area (Å²) in [4.78, 5) is 10.8. The molecule has 2 heterocycles. The lowest BCUT2D eigenvalue weighted by atomic mass is 10.1. The third-order valence-corrected chi connectivity index (χ3v) is 5.42. The van der Waals surface area contributed by atoms with E-state index in [1.165, 1.54) is 18.2 Å². The number of hydrogen-bond acceptors (Lipinski definition) is 2. The predicted octanol–water partition coefficient (Wildman–Crippen LogP) is 8.29. The minimum atomic E-state index is -4.59. The van der Waals surface area contributed by atoms with Crippen molar-refractivity contribution in [3.8, 4) is 22.6 Å². The van der Waals surface area contributed by atoms with Crippen LogP contribution in [0.4, 0.5) is 26.3 Å². The van der Waals surface area contributed by atoms with Gasteiger partial charge in [-0.05, 0) is 30.3 Å². The zero-order valence-corrected chi connectivity index (χ0v) is 17.6. The fraction of sp³-hybridized carbons (Fsp3) is 0.100. The van der Waals surface area contributed by atoms with Crippen LogP contribution in [0.1, 0.15) is 11.1 Å². The van der Waals surface area contributed by atoms with E-state index in [4.69, 9.17) is 34.8 Å². The van der Waals surface area contributed by atoms with Crippen molar-refractivity contribution in [2.75, 3.05) is 0 Å². The van der Waals surface area contributed by atoms with Crippen LogP contribution in [0.5, 0.6) is 0 Å². The Morgan fingerprint density at radius 2 is 1.41 bits per heavy atom. The van der Waals surface area contributed by atoms with E-state index < -0.39 is 23.5 Å². The molecule has 0 bridgehead atoms. The Morgan fingerprint density at radius 1 is 0.750 bits per heavy atom. The first-order valence-corrected chi connectivity index (χ1v) is 9.77. The fourth-order valence-electron chi connectivity index (χ4n) is 3.03. The van der Waals surface area contributed by atoms with Crippen LogP contribution in [-0.2, 0) is 12.4 Å². The molecule has 0 amide bonds. The highest BCUT2D eigenvalue weighted by molar-refractivity contribution is 6.35. The Labute approximate surface area is 191 Å². The van der Waals surface area contributed by atoms with E-state index in [9.17, 15) is 26.3 Å². The number of aromatic amines is 1. The zero-order valence-electron chi connectivity index (χ0n) is 15.3. The molecule has 4 aromatic rings. The number of pyridine rings is 1. The normalized spacial score (nSPS) is 12.5. The summed E-state index contributed by atoms with van der Waals surface area (Å²) in [6, 6.07) is 6.81. The van der Waals surface area contributed by atoms with Gasteiger partial charge in [0.05, 0.1) is 37.4 Å².